The van der Waals surface area contributed by atoms with E-state index in [2.05, 4.69) is 4.98 Å². The predicted octanol–water partition coefficient (Wildman–Crippen LogP) is 1.48. The molecule has 0 bridgehead atoms. The summed E-state index contributed by atoms with van der Waals surface area (Å²) in [6.07, 6.45) is 0.818. The molecule has 0 radical (unpaired) electrons. The van der Waals surface area contributed by atoms with Crippen LogP contribution in [0.15, 0.2) is 29.3 Å². The fourth-order valence-corrected chi connectivity index (χ4v) is 3.41. The number of ether oxygens (including phenoxy) is 1. The number of rotatable bonds is 4. The monoisotopic (exact) mass is 315 g/mol. The average molecular weight is 315 g/mol. The summed E-state index contributed by atoms with van der Waals surface area (Å²) in [5.41, 5.74) is 0. The molecule has 8 nitrogen and oxygen atoms in total. The van der Waals surface area contributed by atoms with Gasteiger partial charge in [0, 0.05) is 13.0 Å². The molecule has 0 aliphatic rings. The van der Waals surface area contributed by atoms with E-state index in [0.717, 1.165) is 24.4 Å². The zero-order valence-corrected chi connectivity index (χ0v) is 11.8. The second kappa shape index (κ2) is 5.13. The Kier molecular flexibility index (Phi) is 3.64. The maximum absolute atomic E-state index is 13.3. The number of nitrogens with zero attached hydrogens (tertiary/aromatic N) is 3. The number of imidazole rings is 1. The lowest BCUT2D eigenvalue weighted by atomic mass is 10.3. The molecule has 0 spiro atoms. The van der Waals surface area contributed by atoms with Crippen LogP contribution in [0.5, 0.6) is 5.75 Å². The van der Waals surface area contributed by atoms with Crippen LogP contribution in [0.1, 0.15) is 5.82 Å². The summed E-state index contributed by atoms with van der Waals surface area (Å²) < 4.78 is 43.7. The van der Waals surface area contributed by atoms with Crippen molar-refractivity contribution in [1.29, 1.82) is 0 Å². The van der Waals surface area contributed by atoms with Gasteiger partial charge >= 0.3 is 15.8 Å². The maximum atomic E-state index is 13.3. The highest BCUT2D eigenvalue weighted by Crippen LogP contribution is 2.29. The highest BCUT2D eigenvalue weighted by Gasteiger charge is 2.34. The van der Waals surface area contributed by atoms with Crippen LogP contribution in [0.3, 0.4) is 0 Å². The van der Waals surface area contributed by atoms with E-state index in [1.54, 1.807) is 0 Å². The van der Waals surface area contributed by atoms with Crippen molar-refractivity contribution in [3.05, 3.63) is 46.2 Å². The SMILES string of the molecule is COc1ccc(F)cc1S(=O)(=O)n1c([N+](=O)[O-])cnc1C. The Balaban J connectivity index is 2.77. The number of methoxy groups -OCH3 is 1. The average Bonchev–Trinajstić information content (AvgIpc) is 2.81. The Morgan fingerprint density at radius 3 is 2.67 bits per heavy atom. The normalized spacial score (nSPS) is 11.4. The molecular formula is C11H10FN3O5S. The summed E-state index contributed by atoms with van der Waals surface area (Å²) in [7, 11) is -3.21. The number of hydrogen-bond acceptors (Lipinski definition) is 6. The van der Waals surface area contributed by atoms with Crippen LogP contribution in [-0.2, 0) is 10.0 Å². The zero-order chi connectivity index (χ0) is 15.8. The third-order valence-electron chi connectivity index (χ3n) is 2.70. The molecule has 0 unspecified atom stereocenters. The van der Waals surface area contributed by atoms with Crippen LogP contribution in [0.2, 0.25) is 0 Å². The van der Waals surface area contributed by atoms with Crippen LogP contribution < -0.4 is 4.74 Å². The lowest BCUT2D eigenvalue weighted by molar-refractivity contribution is -0.390. The molecule has 0 atom stereocenters. The minimum absolute atomic E-state index is 0.118. The molecule has 1 aromatic carbocycles. The van der Waals surface area contributed by atoms with Crippen molar-refractivity contribution in [2.75, 3.05) is 7.11 Å². The van der Waals surface area contributed by atoms with Crippen LogP contribution in [0.4, 0.5) is 10.2 Å². The molecule has 0 amide bonds. The van der Waals surface area contributed by atoms with Gasteiger partial charge in [-0.2, -0.15) is 8.42 Å². The minimum atomic E-state index is -4.42. The highest BCUT2D eigenvalue weighted by atomic mass is 32.2. The number of halogens is 1. The Hall–Kier alpha value is -2.49. The molecule has 2 rings (SSSR count). The van der Waals surface area contributed by atoms with Crippen molar-refractivity contribution in [3.8, 4) is 5.75 Å². The molecule has 0 N–H and O–H groups in total. The molecule has 10 heteroatoms. The van der Waals surface area contributed by atoms with Gasteiger partial charge in [-0.15, -0.1) is 0 Å². The van der Waals surface area contributed by atoms with E-state index in [1.165, 1.54) is 14.0 Å². The summed E-state index contributed by atoms with van der Waals surface area (Å²) >= 11 is 0. The van der Waals surface area contributed by atoms with Crippen LogP contribution >= 0.6 is 0 Å². The lowest BCUT2D eigenvalue weighted by Gasteiger charge is -2.09. The molecule has 1 heterocycles. The first-order valence-corrected chi connectivity index (χ1v) is 7.01. The predicted molar refractivity (Wildman–Crippen MR) is 69.2 cm³/mol. The van der Waals surface area contributed by atoms with Gasteiger partial charge in [-0.05, 0) is 17.1 Å². The van der Waals surface area contributed by atoms with E-state index >= 15 is 0 Å². The summed E-state index contributed by atoms with van der Waals surface area (Å²) in [6, 6.07) is 2.88. The summed E-state index contributed by atoms with van der Waals surface area (Å²) in [5, 5.41) is 10.9. The van der Waals surface area contributed by atoms with Crippen molar-refractivity contribution in [1.82, 2.24) is 8.96 Å². The second-order valence-corrected chi connectivity index (χ2v) is 5.74. The largest absolute Gasteiger partial charge is 0.495 e. The summed E-state index contributed by atoms with van der Waals surface area (Å²) in [5.74, 6) is -1.79. The Morgan fingerprint density at radius 1 is 1.43 bits per heavy atom. The lowest BCUT2D eigenvalue weighted by Crippen LogP contribution is -2.17. The molecule has 1 aromatic heterocycles. The Morgan fingerprint density at radius 2 is 2.10 bits per heavy atom. The van der Waals surface area contributed by atoms with Gasteiger partial charge in [0.1, 0.15) is 17.8 Å². The molecule has 112 valence electrons. The number of aromatic nitrogens is 2. The molecule has 0 fully saturated rings. The second-order valence-electron chi connectivity index (χ2n) is 3.99. The number of aryl methyl sites for hydroxylation is 1. The Labute approximate surface area is 119 Å². The van der Waals surface area contributed by atoms with Gasteiger partial charge in [0.15, 0.2) is 4.90 Å². The topological polar surface area (TPSA) is 104 Å². The van der Waals surface area contributed by atoms with E-state index < -0.39 is 31.5 Å². The quantitative estimate of drug-likeness (QED) is 0.625. The fraction of sp³-hybridized carbons (Fsp3) is 0.182. The zero-order valence-electron chi connectivity index (χ0n) is 11.0. The first-order chi connectivity index (χ1) is 9.78. The molecule has 2 aromatic rings. The van der Waals surface area contributed by atoms with Gasteiger partial charge < -0.3 is 14.9 Å². The van der Waals surface area contributed by atoms with E-state index in [4.69, 9.17) is 4.74 Å². The highest BCUT2D eigenvalue weighted by molar-refractivity contribution is 7.90. The van der Waals surface area contributed by atoms with Gasteiger partial charge in [0.25, 0.3) is 0 Å². The van der Waals surface area contributed by atoms with E-state index in [-0.39, 0.29) is 11.6 Å². The molecule has 0 saturated carbocycles. The van der Waals surface area contributed by atoms with Crippen molar-refractivity contribution >= 4 is 15.8 Å². The number of hydrogen-bond donors (Lipinski definition) is 0. The van der Waals surface area contributed by atoms with Crippen LogP contribution in [-0.4, -0.2) is 29.4 Å². The van der Waals surface area contributed by atoms with E-state index in [9.17, 15) is 22.9 Å². The van der Waals surface area contributed by atoms with Crippen molar-refractivity contribution in [3.63, 3.8) is 0 Å². The molecular weight excluding hydrogens is 305 g/mol. The van der Waals surface area contributed by atoms with Crippen LogP contribution in [0.25, 0.3) is 0 Å². The van der Waals surface area contributed by atoms with Crippen molar-refractivity contribution in [2.45, 2.75) is 11.8 Å². The molecule has 0 aliphatic carbocycles. The Bertz CT molecular complexity index is 815. The number of benzene rings is 1. The standard InChI is InChI=1S/C11H10FN3O5S/c1-7-13-6-11(15(16)17)14(7)21(18,19)10-5-8(12)3-4-9(10)20-2/h3-6H,1-2H3. The molecule has 0 saturated heterocycles. The van der Waals surface area contributed by atoms with Crippen LogP contribution in [0, 0.1) is 22.9 Å². The van der Waals surface area contributed by atoms with Crippen molar-refractivity contribution < 1.29 is 22.5 Å². The third kappa shape index (κ3) is 2.44. The summed E-state index contributed by atoms with van der Waals surface area (Å²) in [4.78, 5) is 13.1. The molecule has 21 heavy (non-hydrogen) atoms. The smallest absolute Gasteiger partial charge is 0.358 e. The van der Waals surface area contributed by atoms with Gasteiger partial charge in [-0.25, -0.2) is 9.37 Å². The van der Waals surface area contributed by atoms with Gasteiger partial charge in [-0.1, -0.05) is 3.97 Å². The third-order valence-corrected chi connectivity index (χ3v) is 4.51. The summed E-state index contributed by atoms with van der Waals surface area (Å²) in [6.45, 7) is 1.29. The fourth-order valence-electron chi connectivity index (χ4n) is 1.79. The van der Waals surface area contributed by atoms with E-state index in [1.807, 2.05) is 0 Å². The molecule has 0 aliphatic heterocycles. The maximum Gasteiger partial charge on any atom is 0.358 e. The minimum Gasteiger partial charge on any atom is -0.495 e. The van der Waals surface area contributed by atoms with Crippen molar-refractivity contribution in [2.24, 2.45) is 0 Å². The first kappa shape index (κ1) is 14.9. The van der Waals surface area contributed by atoms with Gasteiger partial charge in [-0.3, -0.25) is 0 Å². The van der Waals surface area contributed by atoms with Gasteiger partial charge in [0.05, 0.1) is 7.11 Å². The number of nitro groups is 1. The van der Waals surface area contributed by atoms with Gasteiger partial charge in [0.2, 0.25) is 5.82 Å². The van der Waals surface area contributed by atoms with E-state index in [0.29, 0.717) is 3.97 Å². The first-order valence-electron chi connectivity index (χ1n) is 5.57.